The molecule has 0 aliphatic carbocycles. The Hall–Kier alpha value is -2.02. The lowest BCUT2D eigenvalue weighted by Crippen LogP contribution is -2.16. The molecule has 3 rings (SSSR count). The minimum Gasteiger partial charge on any atom is -0.386 e. The number of rotatable bonds is 2. The van der Waals surface area contributed by atoms with Crippen LogP contribution in [-0.2, 0) is 5.60 Å². The molecular formula is C16H13Cl2FN4O. The van der Waals surface area contributed by atoms with Crippen LogP contribution < -0.4 is 5.73 Å². The third-order valence-corrected chi connectivity index (χ3v) is 4.24. The van der Waals surface area contributed by atoms with Gasteiger partial charge < -0.3 is 10.8 Å². The van der Waals surface area contributed by atoms with Crippen LogP contribution in [0.2, 0.25) is 10.0 Å². The molecule has 0 unspecified atom stereocenters. The van der Waals surface area contributed by atoms with E-state index in [0.717, 1.165) is 0 Å². The molecule has 3 aromatic rings. The summed E-state index contributed by atoms with van der Waals surface area (Å²) in [5.41, 5.74) is 5.51. The number of hydrogen-bond acceptors (Lipinski definition) is 5. The summed E-state index contributed by atoms with van der Waals surface area (Å²) in [6, 6.07) is 2.86. The third kappa shape index (κ3) is 2.88. The lowest BCUT2D eigenvalue weighted by Gasteiger charge is -2.20. The average molecular weight is 367 g/mol. The van der Waals surface area contributed by atoms with Crippen LogP contribution in [0, 0.1) is 5.82 Å². The molecule has 0 amide bonds. The monoisotopic (exact) mass is 366 g/mol. The summed E-state index contributed by atoms with van der Waals surface area (Å²) < 4.78 is 14.5. The summed E-state index contributed by atoms with van der Waals surface area (Å²) in [5.74, 6) is -0.565. The van der Waals surface area contributed by atoms with Crippen molar-refractivity contribution in [1.29, 1.82) is 0 Å². The molecule has 5 nitrogen and oxygen atoms in total. The van der Waals surface area contributed by atoms with Crippen LogP contribution >= 0.6 is 23.2 Å². The zero-order valence-electron chi connectivity index (χ0n) is 12.8. The molecule has 0 atom stereocenters. The van der Waals surface area contributed by atoms with E-state index >= 15 is 0 Å². The van der Waals surface area contributed by atoms with Gasteiger partial charge in [0.15, 0.2) is 0 Å². The van der Waals surface area contributed by atoms with E-state index in [1.165, 1.54) is 18.5 Å². The highest BCUT2D eigenvalue weighted by Gasteiger charge is 2.23. The number of nitrogens with zero attached hydrogens (tertiary/aromatic N) is 3. The van der Waals surface area contributed by atoms with Crippen molar-refractivity contribution in [3.63, 3.8) is 0 Å². The van der Waals surface area contributed by atoms with Gasteiger partial charge in [-0.05, 0) is 26.0 Å². The van der Waals surface area contributed by atoms with Crippen molar-refractivity contribution >= 4 is 40.1 Å². The molecule has 24 heavy (non-hydrogen) atoms. The minimum atomic E-state index is -1.22. The number of fused-ring (bicyclic) bond motifs is 1. The first-order valence-electron chi connectivity index (χ1n) is 6.97. The van der Waals surface area contributed by atoms with E-state index in [0.29, 0.717) is 16.5 Å². The quantitative estimate of drug-likeness (QED) is 0.717. The van der Waals surface area contributed by atoms with Gasteiger partial charge in [0, 0.05) is 22.7 Å². The molecular weight excluding hydrogens is 354 g/mol. The Morgan fingerprint density at radius 3 is 2.54 bits per heavy atom. The molecule has 3 N–H and O–H groups in total. The second kappa shape index (κ2) is 5.81. The second-order valence-electron chi connectivity index (χ2n) is 5.82. The summed E-state index contributed by atoms with van der Waals surface area (Å²) >= 11 is 12.5. The first kappa shape index (κ1) is 16.8. The van der Waals surface area contributed by atoms with E-state index in [2.05, 4.69) is 15.0 Å². The molecule has 0 fully saturated rings. The first-order chi connectivity index (χ1) is 11.2. The van der Waals surface area contributed by atoms with Crippen molar-refractivity contribution in [3.8, 4) is 11.3 Å². The van der Waals surface area contributed by atoms with Gasteiger partial charge >= 0.3 is 0 Å². The average Bonchev–Trinajstić information content (AvgIpc) is 2.49. The molecule has 124 valence electrons. The van der Waals surface area contributed by atoms with Crippen LogP contribution in [0.3, 0.4) is 0 Å². The van der Waals surface area contributed by atoms with Gasteiger partial charge in [0.05, 0.1) is 27.5 Å². The second-order valence-corrected chi connectivity index (χ2v) is 6.61. The van der Waals surface area contributed by atoms with Crippen molar-refractivity contribution < 1.29 is 9.50 Å². The van der Waals surface area contributed by atoms with Gasteiger partial charge in [-0.1, -0.05) is 23.2 Å². The van der Waals surface area contributed by atoms with E-state index < -0.39 is 11.4 Å². The lowest BCUT2D eigenvalue weighted by molar-refractivity contribution is 0.0785. The van der Waals surface area contributed by atoms with Gasteiger partial charge in [0.1, 0.15) is 11.3 Å². The SMILES string of the molecule is CC(C)(O)c1cnc2c(F)cc(-c3nc(N)ncc3Cl)cc2c1Cl. The predicted molar refractivity (Wildman–Crippen MR) is 92.4 cm³/mol. The molecule has 0 spiro atoms. The number of aromatic nitrogens is 3. The van der Waals surface area contributed by atoms with E-state index in [-0.39, 0.29) is 27.2 Å². The summed E-state index contributed by atoms with van der Waals surface area (Å²) in [4.78, 5) is 11.9. The number of hydrogen-bond donors (Lipinski definition) is 2. The topological polar surface area (TPSA) is 84.9 Å². The van der Waals surface area contributed by atoms with Crippen molar-refractivity contribution in [3.05, 3.63) is 46.0 Å². The van der Waals surface area contributed by atoms with Gasteiger partial charge in [-0.2, -0.15) is 0 Å². The molecule has 8 heteroatoms. The fourth-order valence-electron chi connectivity index (χ4n) is 2.37. The fraction of sp³-hybridized carbons (Fsp3) is 0.188. The number of aliphatic hydroxyl groups is 1. The van der Waals surface area contributed by atoms with Crippen LogP contribution in [0.5, 0.6) is 0 Å². The largest absolute Gasteiger partial charge is 0.386 e. The molecule has 1 aromatic carbocycles. The maximum absolute atomic E-state index is 14.5. The Morgan fingerprint density at radius 2 is 1.88 bits per heavy atom. The van der Waals surface area contributed by atoms with Crippen LogP contribution in [0.1, 0.15) is 19.4 Å². The molecule has 2 heterocycles. The van der Waals surface area contributed by atoms with Crippen LogP contribution in [0.25, 0.3) is 22.2 Å². The zero-order valence-corrected chi connectivity index (χ0v) is 14.3. The Bertz CT molecular complexity index is 957. The molecule has 2 aromatic heterocycles. The Labute approximate surface area is 147 Å². The maximum Gasteiger partial charge on any atom is 0.220 e. The van der Waals surface area contributed by atoms with Gasteiger partial charge in [0.25, 0.3) is 0 Å². The van der Waals surface area contributed by atoms with Crippen molar-refractivity contribution in [2.24, 2.45) is 0 Å². The summed E-state index contributed by atoms with van der Waals surface area (Å²) in [5, 5.41) is 11.0. The van der Waals surface area contributed by atoms with Crippen molar-refractivity contribution in [2.45, 2.75) is 19.4 Å². The third-order valence-electron chi connectivity index (χ3n) is 3.55. The number of pyridine rings is 1. The van der Waals surface area contributed by atoms with Crippen LogP contribution in [-0.4, -0.2) is 20.1 Å². The molecule has 0 aliphatic heterocycles. The van der Waals surface area contributed by atoms with Gasteiger partial charge in [-0.25, -0.2) is 14.4 Å². The number of anilines is 1. The van der Waals surface area contributed by atoms with Crippen molar-refractivity contribution in [1.82, 2.24) is 15.0 Å². The summed E-state index contributed by atoms with van der Waals surface area (Å²) in [6.45, 7) is 3.15. The smallest absolute Gasteiger partial charge is 0.220 e. The first-order valence-corrected chi connectivity index (χ1v) is 7.73. The predicted octanol–water partition coefficient (Wildman–Crippen LogP) is 3.95. The molecule has 0 aliphatic rings. The van der Waals surface area contributed by atoms with Gasteiger partial charge in [-0.15, -0.1) is 0 Å². The zero-order chi connectivity index (χ0) is 17.6. The highest BCUT2D eigenvalue weighted by atomic mass is 35.5. The standard InChI is InChI=1S/C16H13Cl2FN4O/c1-16(2,24)9-5-21-14-8(12(9)18)3-7(4-11(14)19)13-10(17)6-22-15(20)23-13/h3-6,24H,1-2H3,(H2,20,22,23). The van der Waals surface area contributed by atoms with E-state index in [1.807, 2.05) is 0 Å². The normalized spacial score (nSPS) is 11.9. The van der Waals surface area contributed by atoms with E-state index in [9.17, 15) is 9.50 Å². The van der Waals surface area contributed by atoms with Gasteiger partial charge in [-0.3, -0.25) is 4.98 Å². The van der Waals surface area contributed by atoms with E-state index in [4.69, 9.17) is 28.9 Å². The maximum atomic E-state index is 14.5. The lowest BCUT2D eigenvalue weighted by atomic mass is 9.97. The van der Waals surface area contributed by atoms with E-state index in [1.54, 1.807) is 19.9 Å². The Morgan fingerprint density at radius 1 is 1.17 bits per heavy atom. The molecule has 0 bridgehead atoms. The van der Waals surface area contributed by atoms with Crippen LogP contribution in [0.15, 0.2) is 24.5 Å². The van der Waals surface area contributed by atoms with Gasteiger partial charge in [0.2, 0.25) is 5.95 Å². The minimum absolute atomic E-state index is 0.0179. The molecule has 0 saturated heterocycles. The molecule has 0 saturated carbocycles. The number of nitrogens with two attached hydrogens (primary N) is 1. The van der Waals surface area contributed by atoms with Crippen molar-refractivity contribution in [2.75, 3.05) is 5.73 Å². The Balaban J connectivity index is 2.33. The summed E-state index contributed by atoms with van der Waals surface area (Å²) in [7, 11) is 0. The fourth-order valence-corrected chi connectivity index (χ4v) is 3.00. The van der Waals surface area contributed by atoms with Crippen LogP contribution in [0.4, 0.5) is 10.3 Å². The number of halogens is 3. The Kier molecular flexibility index (Phi) is 4.07. The number of benzene rings is 1. The highest BCUT2D eigenvalue weighted by molar-refractivity contribution is 6.36. The highest BCUT2D eigenvalue weighted by Crippen LogP contribution is 2.36. The molecule has 0 radical (unpaired) electrons. The number of nitrogen functional groups attached to an aromatic ring is 1. The summed E-state index contributed by atoms with van der Waals surface area (Å²) in [6.07, 6.45) is 2.71.